The first-order valence-corrected chi connectivity index (χ1v) is 14.9. The average molecular weight is 601 g/mol. The third-order valence-corrected chi connectivity index (χ3v) is 8.93. The minimum Gasteiger partial charge on any atom is -0.464 e. The number of morpholine rings is 1. The van der Waals surface area contributed by atoms with Crippen LogP contribution in [0.1, 0.15) is 17.1 Å². The lowest BCUT2D eigenvalue weighted by Gasteiger charge is -2.31. The van der Waals surface area contributed by atoms with Crippen molar-refractivity contribution in [2.45, 2.75) is 24.9 Å². The molecule has 3 heterocycles. The predicted octanol–water partition coefficient (Wildman–Crippen LogP) is 2.78. The summed E-state index contributed by atoms with van der Waals surface area (Å²) in [5.41, 5.74) is 0.544. The lowest BCUT2D eigenvalue weighted by atomic mass is 10.2. The smallest absolute Gasteiger partial charge is 0.269 e. The largest absolute Gasteiger partial charge is 0.464 e. The van der Waals surface area contributed by atoms with Crippen LogP contribution in [0.3, 0.4) is 0 Å². The number of carbonyl (C=O) groups is 1. The van der Waals surface area contributed by atoms with Crippen LogP contribution in [0.2, 0.25) is 0 Å². The summed E-state index contributed by atoms with van der Waals surface area (Å²) in [5, 5.41) is 11.1. The Morgan fingerprint density at radius 3 is 2.43 bits per heavy atom. The third-order valence-electron chi connectivity index (χ3n) is 7.07. The van der Waals surface area contributed by atoms with E-state index in [0.717, 1.165) is 22.0 Å². The molecule has 2 aliphatic heterocycles. The first-order valence-electron chi connectivity index (χ1n) is 13.5. The van der Waals surface area contributed by atoms with Gasteiger partial charge in [-0.25, -0.2) is 8.42 Å². The Morgan fingerprint density at radius 2 is 1.74 bits per heavy atom. The topological polar surface area (TPSA) is 145 Å². The van der Waals surface area contributed by atoms with Gasteiger partial charge in [-0.3, -0.25) is 19.8 Å². The Labute approximate surface area is 243 Å². The van der Waals surface area contributed by atoms with Crippen molar-refractivity contribution < 1.29 is 36.8 Å². The second kappa shape index (κ2) is 12.9. The van der Waals surface area contributed by atoms with Crippen molar-refractivity contribution in [3.05, 3.63) is 81.8 Å². The predicted molar refractivity (Wildman–Crippen MR) is 149 cm³/mol. The lowest BCUT2D eigenvalue weighted by Crippen LogP contribution is -2.47. The van der Waals surface area contributed by atoms with E-state index < -0.39 is 27.4 Å². The van der Waals surface area contributed by atoms with Crippen LogP contribution in [0.25, 0.3) is 0 Å². The molecular weight excluding hydrogens is 568 g/mol. The van der Waals surface area contributed by atoms with E-state index in [1.165, 1.54) is 17.0 Å². The molecular formula is C28H32N4O9S. The van der Waals surface area contributed by atoms with Gasteiger partial charge in [0.25, 0.3) is 5.69 Å². The summed E-state index contributed by atoms with van der Waals surface area (Å²) in [6.07, 6.45) is 0. The first-order chi connectivity index (χ1) is 20.2. The Hall–Kier alpha value is -3.98. The monoisotopic (exact) mass is 600 g/mol. The Kier molecular flexibility index (Phi) is 9.06. The standard InChI is InChI=1S/C28H32N4O9S/c1-21-2-6-24(41-21)18-30(17-22-3-9-26-27(16-22)40-20-39-26)28(33)19-31(11-10-29-12-14-38-15-13-29)42(36,37)25-7-4-23(5-8-25)32(34)35/h2-9,16H,10-15,17-20H2,1H3. The lowest BCUT2D eigenvalue weighted by molar-refractivity contribution is -0.384. The number of fused-ring (bicyclic) bond motifs is 1. The molecule has 1 saturated heterocycles. The van der Waals surface area contributed by atoms with Crippen molar-refractivity contribution >= 4 is 21.6 Å². The molecule has 3 aromatic rings. The number of rotatable bonds is 12. The number of hydrogen-bond acceptors (Lipinski definition) is 10. The molecule has 1 aromatic heterocycles. The van der Waals surface area contributed by atoms with Crippen molar-refractivity contribution in [1.29, 1.82) is 0 Å². The van der Waals surface area contributed by atoms with Gasteiger partial charge in [-0.2, -0.15) is 4.31 Å². The molecule has 0 N–H and O–H groups in total. The van der Waals surface area contributed by atoms with Gasteiger partial charge < -0.3 is 23.5 Å². The van der Waals surface area contributed by atoms with Gasteiger partial charge in [0.1, 0.15) is 11.5 Å². The maximum atomic E-state index is 13.9. The number of non-ortho nitro benzene ring substituents is 1. The number of amides is 1. The van der Waals surface area contributed by atoms with Crippen molar-refractivity contribution in [2.75, 3.05) is 52.7 Å². The molecule has 42 heavy (non-hydrogen) atoms. The van der Waals surface area contributed by atoms with Crippen LogP contribution in [0.15, 0.2) is 63.9 Å². The summed E-state index contributed by atoms with van der Waals surface area (Å²) in [6.45, 7) is 4.59. The Morgan fingerprint density at radius 1 is 1.00 bits per heavy atom. The van der Waals surface area contributed by atoms with Crippen LogP contribution in [0.4, 0.5) is 5.69 Å². The fourth-order valence-electron chi connectivity index (χ4n) is 4.75. The van der Waals surface area contributed by atoms with Crippen LogP contribution in [-0.2, 0) is 32.6 Å². The summed E-state index contributed by atoms with van der Waals surface area (Å²) >= 11 is 0. The second-order valence-electron chi connectivity index (χ2n) is 9.99. The van der Waals surface area contributed by atoms with Crippen molar-refractivity contribution in [3.8, 4) is 11.5 Å². The number of nitro benzene ring substituents is 1. The number of nitrogens with zero attached hydrogens (tertiary/aromatic N) is 4. The molecule has 2 aliphatic rings. The van der Waals surface area contributed by atoms with Crippen LogP contribution >= 0.6 is 0 Å². The highest BCUT2D eigenvalue weighted by Gasteiger charge is 2.30. The van der Waals surface area contributed by atoms with Crippen molar-refractivity contribution in [1.82, 2.24) is 14.1 Å². The molecule has 14 heteroatoms. The molecule has 1 amide bonds. The molecule has 0 bridgehead atoms. The van der Waals surface area contributed by atoms with Crippen molar-refractivity contribution in [3.63, 3.8) is 0 Å². The molecule has 5 rings (SSSR count). The Bertz CT molecular complexity index is 1520. The highest BCUT2D eigenvalue weighted by atomic mass is 32.2. The van der Waals surface area contributed by atoms with E-state index in [-0.39, 0.29) is 37.0 Å². The Balaban J connectivity index is 1.40. The van der Waals surface area contributed by atoms with E-state index in [4.69, 9.17) is 18.6 Å². The molecule has 224 valence electrons. The number of sulfonamides is 1. The summed E-state index contributed by atoms with van der Waals surface area (Å²) in [6, 6.07) is 13.6. The maximum absolute atomic E-state index is 13.9. The van der Waals surface area contributed by atoms with Gasteiger partial charge in [0.15, 0.2) is 11.5 Å². The van der Waals surface area contributed by atoms with Crippen LogP contribution in [0.5, 0.6) is 11.5 Å². The van der Waals surface area contributed by atoms with Gasteiger partial charge in [0, 0.05) is 44.9 Å². The van der Waals surface area contributed by atoms with E-state index in [2.05, 4.69) is 4.90 Å². The fraction of sp³-hybridized carbons (Fsp3) is 0.393. The van der Waals surface area contributed by atoms with E-state index in [1.807, 2.05) is 6.07 Å². The highest BCUT2D eigenvalue weighted by Crippen LogP contribution is 2.33. The first kappa shape index (κ1) is 29.5. The molecule has 13 nitrogen and oxygen atoms in total. The van der Waals surface area contributed by atoms with Gasteiger partial charge in [-0.05, 0) is 48.9 Å². The molecule has 0 spiro atoms. The number of hydrogen-bond donors (Lipinski definition) is 0. The van der Waals surface area contributed by atoms with Crippen molar-refractivity contribution in [2.24, 2.45) is 0 Å². The highest BCUT2D eigenvalue weighted by molar-refractivity contribution is 7.89. The van der Waals surface area contributed by atoms with Gasteiger partial charge in [-0.15, -0.1) is 0 Å². The van der Waals surface area contributed by atoms with Crippen LogP contribution in [-0.4, -0.2) is 86.1 Å². The van der Waals surface area contributed by atoms with E-state index in [9.17, 15) is 23.3 Å². The van der Waals surface area contributed by atoms with Gasteiger partial charge >= 0.3 is 0 Å². The quantitative estimate of drug-likeness (QED) is 0.225. The van der Waals surface area contributed by atoms with Crippen LogP contribution in [0, 0.1) is 17.0 Å². The number of furan rings is 1. The number of aryl methyl sites for hydroxylation is 1. The fourth-order valence-corrected chi connectivity index (χ4v) is 6.13. The minimum absolute atomic E-state index is 0.0444. The number of nitro groups is 1. The zero-order valence-electron chi connectivity index (χ0n) is 23.1. The number of ether oxygens (including phenoxy) is 3. The van der Waals surface area contributed by atoms with Gasteiger partial charge in [0.05, 0.1) is 36.1 Å². The maximum Gasteiger partial charge on any atom is 0.269 e. The number of carbonyl (C=O) groups excluding carboxylic acids is 1. The summed E-state index contributed by atoms with van der Waals surface area (Å²) in [7, 11) is -4.18. The molecule has 1 fully saturated rings. The molecule has 0 radical (unpaired) electrons. The molecule has 0 saturated carbocycles. The summed E-state index contributed by atoms with van der Waals surface area (Å²) < 4.78 is 50.7. The van der Waals surface area contributed by atoms with E-state index in [1.54, 1.807) is 31.2 Å². The molecule has 0 atom stereocenters. The summed E-state index contributed by atoms with van der Waals surface area (Å²) in [5.74, 6) is 1.99. The number of benzene rings is 2. The third kappa shape index (κ3) is 7.07. The van der Waals surface area contributed by atoms with Crippen LogP contribution < -0.4 is 9.47 Å². The van der Waals surface area contributed by atoms with E-state index in [0.29, 0.717) is 55.9 Å². The normalized spacial score (nSPS) is 15.2. The molecule has 0 aliphatic carbocycles. The minimum atomic E-state index is -4.18. The van der Waals surface area contributed by atoms with E-state index >= 15 is 0 Å². The average Bonchev–Trinajstić information content (AvgIpc) is 3.63. The SMILES string of the molecule is Cc1ccc(CN(Cc2ccc3c(c2)OCO3)C(=O)CN(CCN2CCOCC2)S(=O)(=O)c2ccc([N+](=O)[O-])cc2)o1. The van der Waals surface area contributed by atoms with Gasteiger partial charge in [-0.1, -0.05) is 6.07 Å². The zero-order chi connectivity index (χ0) is 29.7. The molecule has 2 aromatic carbocycles. The molecule has 0 unspecified atom stereocenters. The summed E-state index contributed by atoms with van der Waals surface area (Å²) in [4.78, 5) is 27.9. The zero-order valence-corrected chi connectivity index (χ0v) is 24.0. The second-order valence-corrected chi connectivity index (χ2v) is 11.9. The van der Waals surface area contributed by atoms with Gasteiger partial charge in [0.2, 0.25) is 22.7 Å².